The van der Waals surface area contributed by atoms with Crippen LogP contribution in [0.1, 0.15) is 50.5 Å². The Kier molecular flexibility index (Phi) is 5.88. The van der Waals surface area contributed by atoms with Crippen LogP contribution in [0.25, 0.3) is 0 Å². The van der Waals surface area contributed by atoms with Gasteiger partial charge in [-0.05, 0) is 41.5 Å². The first kappa shape index (κ1) is 16.1. The van der Waals surface area contributed by atoms with Gasteiger partial charge in [-0.25, -0.2) is 9.97 Å². The van der Waals surface area contributed by atoms with Gasteiger partial charge in [0.25, 0.3) is 0 Å². The predicted molar refractivity (Wildman–Crippen MR) is 78.3 cm³/mol. The lowest BCUT2D eigenvalue weighted by atomic mass is 10.1. The fourth-order valence-corrected chi connectivity index (χ4v) is 1.84. The molecule has 1 aromatic heterocycles. The second kappa shape index (κ2) is 6.96. The molecular formula is C15H27N3O. The maximum Gasteiger partial charge on any atom is 0.131 e. The highest BCUT2D eigenvalue weighted by molar-refractivity contribution is 5.24. The molecule has 0 aromatic carbocycles. The number of nitrogens with one attached hydrogen (secondary N) is 1. The van der Waals surface area contributed by atoms with E-state index in [1.54, 1.807) is 0 Å². The SMILES string of the molecule is CCOCCc1nc(C)c(CNC(C)(C)C)c(C)n1. The summed E-state index contributed by atoms with van der Waals surface area (Å²) in [4.78, 5) is 9.15. The molecule has 19 heavy (non-hydrogen) atoms. The quantitative estimate of drug-likeness (QED) is 0.803. The van der Waals surface area contributed by atoms with Crippen LogP contribution >= 0.6 is 0 Å². The number of aryl methyl sites for hydroxylation is 2. The van der Waals surface area contributed by atoms with Crippen LogP contribution in [0.4, 0.5) is 0 Å². The summed E-state index contributed by atoms with van der Waals surface area (Å²) in [5.41, 5.74) is 3.44. The standard InChI is InChI=1S/C15H27N3O/c1-7-19-9-8-14-17-11(2)13(12(3)18-14)10-16-15(4,5)6/h16H,7-10H2,1-6H3. The van der Waals surface area contributed by atoms with Gasteiger partial charge < -0.3 is 10.1 Å². The van der Waals surface area contributed by atoms with Crippen molar-refractivity contribution in [2.75, 3.05) is 13.2 Å². The number of nitrogens with zero attached hydrogens (tertiary/aromatic N) is 2. The molecule has 0 aliphatic heterocycles. The van der Waals surface area contributed by atoms with Crippen LogP contribution in [0.3, 0.4) is 0 Å². The van der Waals surface area contributed by atoms with Gasteiger partial charge in [0.05, 0.1) is 6.61 Å². The first-order valence-electron chi connectivity index (χ1n) is 6.99. The molecule has 108 valence electrons. The second-order valence-electron chi connectivity index (χ2n) is 5.84. The molecule has 0 saturated heterocycles. The molecule has 0 saturated carbocycles. The first-order chi connectivity index (χ1) is 8.83. The Morgan fingerprint density at radius 1 is 1.11 bits per heavy atom. The topological polar surface area (TPSA) is 47.0 Å². The molecular weight excluding hydrogens is 238 g/mol. The van der Waals surface area contributed by atoms with E-state index in [1.807, 2.05) is 6.92 Å². The smallest absolute Gasteiger partial charge is 0.131 e. The highest BCUT2D eigenvalue weighted by Gasteiger charge is 2.13. The molecule has 1 aromatic rings. The summed E-state index contributed by atoms with van der Waals surface area (Å²) in [6, 6.07) is 0. The van der Waals surface area contributed by atoms with E-state index >= 15 is 0 Å². The molecule has 0 aliphatic carbocycles. The fourth-order valence-electron chi connectivity index (χ4n) is 1.84. The lowest BCUT2D eigenvalue weighted by Crippen LogP contribution is -2.35. The minimum absolute atomic E-state index is 0.104. The van der Waals surface area contributed by atoms with Crippen molar-refractivity contribution in [1.29, 1.82) is 0 Å². The summed E-state index contributed by atoms with van der Waals surface area (Å²) in [7, 11) is 0. The van der Waals surface area contributed by atoms with E-state index in [0.29, 0.717) is 6.61 Å². The van der Waals surface area contributed by atoms with Crippen LogP contribution < -0.4 is 5.32 Å². The van der Waals surface area contributed by atoms with Crippen LogP contribution in [-0.4, -0.2) is 28.7 Å². The van der Waals surface area contributed by atoms with E-state index in [4.69, 9.17) is 4.74 Å². The first-order valence-corrected chi connectivity index (χ1v) is 6.99. The average molecular weight is 265 g/mol. The second-order valence-corrected chi connectivity index (χ2v) is 5.84. The Bertz CT molecular complexity index is 387. The number of ether oxygens (including phenoxy) is 1. The molecule has 0 radical (unpaired) electrons. The molecule has 0 atom stereocenters. The molecule has 1 rings (SSSR count). The molecule has 0 aliphatic rings. The number of hydrogen-bond acceptors (Lipinski definition) is 4. The summed E-state index contributed by atoms with van der Waals surface area (Å²) < 4.78 is 5.35. The van der Waals surface area contributed by atoms with Crippen molar-refractivity contribution in [3.05, 3.63) is 22.8 Å². The Hall–Kier alpha value is -1.00. The summed E-state index contributed by atoms with van der Waals surface area (Å²) in [5, 5.41) is 3.49. The zero-order valence-electron chi connectivity index (χ0n) is 13.1. The van der Waals surface area contributed by atoms with E-state index < -0.39 is 0 Å². The normalized spacial score (nSPS) is 11.9. The minimum atomic E-state index is 0.104. The summed E-state index contributed by atoms with van der Waals surface area (Å²) in [6.45, 7) is 14.8. The Balaban J connectivity index is 2.74. The van der Waals surface area contributed by atoms with E-state index in [1.165, 1.54) is 5.56 Å². The van der Waals surface area contributed by atoms with E-state index in [9.17, 15) is 0 Å². The van der Waals surface area contributed by atoms with Gasteiger partial charge in [0.2, 0.25) is 0 Å². The van der Waals surface area contributed by atoms with Gasteiger partial charge in [-0.2, -0.15) is 0 Å². The third-order valence-electron chi connectivity index (χ3n) is 2.94. The Morgan fingerprint density at radius 2 is 1.68 bits per heavy atom. The highest BCUT2D eigenvalue weighted by Crippen LogP contribution is 2.12. The molecule has 0 bridgehead atoms. The molecule has 0 unspecified atom stereocenters. The molecule has 0 fully saturated rings. The van der Waals surface area contributed by atoms with Gasteiger partial charge >= 0.3 is 0 Å². The summed E-state index contributed by atoms with van der Waals surface area (Å²) in [6.07, 6.45) is 0.780. The molecule has 0 spiro atoms. The Morgan fingerprint density at radius 3 is 2.16 bits per heavy atom. The van der Waals surface area contributed by atoms with Gasteiger partial charge in [0, 0.05) is 42.1 Å². The van der Waals surface area contributed by atoms with Gasteiger partial charge in [-0.3, -0.25) is 0 Å². The van der Waals surface area contributed by atoms with Gasteiger partial charge in [-0.15, -0.1) is 0 Å². The lowest BCUT2D eigenvalue weighted by molar-refractivity contribution is 0.149. The van der Waals surface area contributed by atoms with Crippen molar-refractivity contribution in [1.82, 2.24) is 15.3 Å². The molecule has 4 heteroatoms. The fraction of sp³-hybridized carbons (Fsp3) is 0.733. The lowest BCUT2D eigenvalue weighted by Gasteiger charge is -2.22. The number of rotatable bonds is 6. The van der Waals surface area contributed by atoms with Crippen molar-refractivity contribution in [3.8, 4) is 0 Å². The van der Waals surface area contributed by atoms with Crippen LogP contribution in [-0.2, 0) is 17.7 Å². The van der Waals surface area contributed by atoms with Crippen molar-refractivity contribution in [3.63, 3.8) is 0 Å². The van der Waals surface area contributed by atoms with E-state index in [-0.39, 0.29) is 5.54 Å². The van der Waals surface area contributed by atoms with E-state index in [2.05, 4.69) is 49.9 Å². The minimum Gasteiger partial charge on any atom is -0.381 e. The molecule has 0 amide bonds. The number of aromatic nitrogens is 2. The monoisotopic (exact) mass is 265 g/mol. The average Bonchev–Trinajstić information content (AvgIpc) is 2.26. The van der Waals surface area contributed by atoms with E-state index in [0.717, 1.165) is 36.8 Å². The third kappa shape index (κ3) is 5.66. The summed E-state index contributed by atoms with van der Waals surface area (Å²) >= 11 is 0. The van der Waals surface area contributed by atoms with Crippen molar-refractivity contribution in [2.45, 2.75) is 60.0 Å². The Labute approximate surface area is 117 Å². The third-order valence-corrected chi connectivity index (χ3v) is 2.94. The maximum absolute atomic E-state index is 5.35. The van der Waals surface area contributed by atoms with Crippen molar-refractivity contribution in [2.24, 2.45) is 0 Å². The van der Waals surface area contributed by atoms with Crippen molar-refractivity contribution >= 4 is 0 Å². The van der Waals surface area contributed by atoms with Gasteiger partial charge in [0.1, 0.15) is 5.82 Å². The molecule has 1 N–H and O–H groups in total. The maximum atomic E-state index is 5.35. The largest absolute Gasteiger partial charge is 0.381 e. The number of hydrogen-bond donors (Lipinski definition) is 1. The van der Waals surface area contributed by atoms with Gasteiger partial charge in [-0.1, -0.05) is 0 Å². The van der Waals surface area contributed by atoms with Crippen LogP contribution in [0.5, 0.6) is 0 Å². The van der Waals surface area contributed by atoms with Crippen LogP contribution in [0.15, 0.2) is 0 Å². The van der Waals surface area contributed by atoms with Crippen molar-refractivity contribution < 1.29 is 4.74 Å². The highest BCUT2D eigenvalue weighted by atomic mass is 16.5. The predicted octanol–water partition coefficient (Wildman–Crippen LogP) is 2.56. The zero-order valence-corrected chi connectivity index (χ0v) is 13.1. The molecule has 4 nitrogen and oxygen atoms in total. The summed E-state index contributed by atoms with van der Waals surface area (Å²) in [5.74, 6) is 0.878. The zero-order chi connectivity index (χ0) is 14.5. The van der Waals surface area contributed by atoms with Crippen LogP contribution in [0, 0.1) is 13.8 Å². The van der Waals surface area contributed by atoms with Gasteiger partial charge in [0.15, 0.2) is 0 Å². The van der Waals surface area contributed by atoms with Crippen LogP contribution in [0.2, 0.25) is 0 Å². The molecule has 1 heterocycles.